The summed E-state index contributed by atoms with van der Waals surface area (Å²) >= 11 is 0. The predicted octanol–water partition coefficient (Wildman–Crippen LogP) is 0.449. The van der Waals surface area contributed by atoms with Gasteiger partial charge in [0.2, 0.25) is 0 Å². The van der Waals surface area contributed by atoms with Crippen molar-refractivity contribution in [2.75, 3.05) is 6.54 Å². The van der Waals surface area contributed by atoms with Crippen molar-refractivity contribution in [1.82, 2.24) is 0 Å². The summed E-state index contributed by atoms with van der Waals surface area (Å²) in [5, 5.41) is 11.0. The van der Waals surface area contributed by atoms with Crippen molar-refractivity contribution < 1.29 is 5.11 Å². The molecule has 0 radical (unpaired) electrons. The summed E-state index contributed by atoms with van der Waals surface area (Å²) in [7, 11) is 0. The van der Waals surface area contributed by atoms with Crippen LogP contribution >= 0.6 is 0 Å². The highest BCUT2D eigenvalue weighted by Gasteiger charge is 2.01. The Morgan fingerprint density at radius 1 is 1.42 bits per heavy atom. The van der Waals surface area contributed by atoms with Crippen LogP contribution in [-0.2, 0) is 0 Å². The van der Waals surface area contributed by atoms with Crippen LogP contribution in [0.5, 0.6) is 5.75 Å². The highest BCUT2D eigenvalue weighted by molar-refractivity contribution is 5.53. The van der Waals surface area contributed by atoms with Gasteiger partial charge in [0.05, 0.1) is 6.54 Å². The monoisotopic (exact) mass is 159 g/mol. The molecule has 2 rings (SSSR count). The molecule has 60 valence electrons. The zero-order valence-electron chi connectivity index (χ0n) is 6.62. The first-order chi connectivity index (χ1) is 5.77. The van der Waals surface area contributed by atoms with E-state index in [-0.39, 0.29) is 5.75 Å². The zero-order chi connectivity index (χ0) is 8.55. The lowest BCUT2D eigenvalue weighted by Crippen LogP contribution is -2.15. The summed E-state index contributed by atoms with van der Waals surface area (Å²) < 4.78 is 0. The number of nitrogens with zero attached hydrogens (tertiary/aromatic N) is 1. The Morgan fingerprint density at radius 3 is 3.08 bits per heavy atom. The van der Waals surface area contributed by atoms with Crippen LogP contribution in [0.1, 0.15) is 5.56 Å². The summed E-state index contributed by atoms with van der Waals surface area (Å²) in [6.45, 7) is 4.40. The Kier molecular flexibility index (Phi) is 1.47. The summed E-state index contributed by atoms with van der Waals surface area (Å²) in [6.07, 6.45) is 3.91. The van der Waals surface area contributed by atoms with Crippen LogP contribution in [0.15, 0.2) is 23.2 Å². The molecule has 1 aromatic carbocycles. The van der Waals surface area contributed by atoms with Crippen molar-refractivity contribution in [1.29, 1.82) is 0 Å². The smallest absolute Gasteiger partial charge is 0.141 e. The van der Waals surface area contributed by atoms with E-state index in [0.717, 1.165) is 10.8 Å². The molecule has 1 aromatic rings. The van der Waals surface area contributed by atoms with Crippen LogP contribution in [-0.4, -0.2) is 11.7 Å². The van der Waals surface area contributed by atoms with Gasteiger partial charge in [-0.2, -0.15) is 0 Å². The topological polar surface area (TPSA) is 32.6 Å². The minimum atomic E-state index is 0.224. The zero-order valence-corrected chi connectivity index (χ0v) is 6.62. The average molecular weight is 159 g/mol. The van der Waals surface area contributed by atoms with Gasteiger partial charge in [-0.25, -0.2) is 0 Å². The second-order valence-corrected chi connectivity index (χ2v) is 2.80. The third-order valence-electron chi connectivity index (χ3n) is 1.83. The van der Waals surface area contributed by atoms with E-state index in [2.05, 4.69) is 11.6 Å². The molecule has 12 heavy (non-hydrogen) atoms. The second-order valence-electron chi connectivity index (χ2n) is 2.80. The summed E-state index contributed by atoms with van der Waals surface area (Å²) in [6, 6.07) is 3.54. The molecule has 0 saturated carbocycles. The van der Waals surface area contributed by atoms with Crippen LogP contribution in [0.3, 0.4) is 0 Å². The first-order valence-electron chi connectivity index (χ1n) is 3.80. The average Bonchev–Trinajstić information content (AvgIpc) is 2.04. The number of rotatable bonds is 0. The van der Waals surface area contributed by atoms with Gasteiger partial charge < -0.3 is 5.11 Å². The second kappa shape index (κ2) is 2.48. The molecular weight excluding hydrogens is 150 g/mol. The van der Waals surface area contributed by atoms with Gasteiger partial charge in [0.15, 0.2) is 0 Å². The molecule has 1 N–H and O–H groups in total. The van der Waals surface area contributed by atoms with Gasteiger partial charge >= 0.3 is 0 Å². The van der Waals surface area contributed by atoms with Gasteiger partial charge in [0.1, 0.15) is 11.1 Å². The number of fused-ring (bicyclic) bond motifs is 1. The molecule has 0 spiro atoms. The molecule has 2 nitrogen and oxygen atoms in total. The van der Waals surface area contributed by atoms with Crippen LogP contribution in [0, 0.1) is 0 Å². The first-order valence-corrected chi connectivity index (χ1v) is 3.80. The van der Waals surface area contributed by atoms with Crippen LogP contribution in [0.25, 0.3) is 12.7 Å². The van der Waals surface area contributed by atoms with Gasteiger partial charge in [-0.1, -0.05) is 18.7 Å². The SMILES string of the molecule is C=c1cc(O)c2c(c1)C=CCN=2. The highest BCUT2D eigenvalue weighted by Crippen LogP contribution is 2.03. The normalized spacial score (nSPS) is 13.7. The Bertz CT molecular complexity index is 446. The first kappa shape index (κ1) is 7.10. The minimum absolute atomic E-state index is 0.224. The van der Waals surface area contributed by atoms with Crippen molar-refractivity contribution in [2.24, 2.45) is 4.99 Å². The van der Waals surface area contributed by atoms with Crippen LogP contribution in [0.4, 0.5) is 0 Å². The molecule has 0 bridgehead atoms. The Hall–Kier alpha value is -1.57. The van der Waals surface area contributed by atoms with Crippen molar-refractivity contribution in [3.05, 3.63) is 34.3 Å². The number of benzene rings is 1. The maximum atomic E-state index is 9.47. The fourth-order valence-corrected chi connectivity index (χ4v) is 1.32. The third-order valence-corrected chi connectivity index (χ3v) is 1.83. The van der Waals surface area contributed by atoms with E-state index in [1.165, 1.54) is 0 Å². The van der Waals surface area contributed by atoms with E-state index in [9.17, 15) is 5.11 Å². The molecule has 0 atom stereocenters. The van der Waals surface area contributed by atoms with E-state index in [1.54, 1.807) is 6.07 Å². The molecule has 2 heteroatoms. The lowest BCUT2D eigenvalue weighted by atomic mass is 10.1. The lowest BCUT2D eigenvalue weighted by Gasteiger charge is -2.02. The number of hydrogen-bond acceptors (Lipinski definition) is 2. The fourth-order valence-electron chi connectivity index (χ4n) is 1.32. The van der Waals surface area contributed by atoms with Crippen molar-refractivity contribution in [3.8, 4) is 5.75 Å². The maximum absolute atomic E-state index is 9.47. The van der Waals surface area contributed by atoms with Gasteiger partial charge in [-0.15, -0.1) is 0 Å². The van der Waals surface area contributed by atoms with Crippen LogP contribution < -0.4 is 10.6 Å². The standard InChI is InChI=1S/C10H9NO/c1-7-5-8-3-2-4-11-10(8)9(12)6-7/h2-3,5-6,12H,1,4H2. The molecule has 1 heterocycles. The van der Waals surface area contributed by atoms with Crippen molar-refractivity contribution >= 4 is 12.7 Å². The van der Waals surface area contributed by atoms with Gasteiger partial charge in [-0.3, -0.25) is 4.99 Å². The van der Waals surface area contributed by atoms with E-state index in [0.29, 0.717) is 11.9 Å². The van der Waals surface area contributed by atoms with Gasteiger partial charge in [-0.05, 0) is 17.4 Å². The lowest BCUT2D eigenvalue weighted by molar-refractivity contribution is 0.467. The molecule has 0 aliphatic carbocycles. The van der Waals surface area contributed by atoms with Crippen molar-refractivity contribution in [2.45, 2.75) is 0 Å². The number of hydrogen-bond donors (Lipinski definition) is 1. The summed E-state index contributed by atoms with van der Waals surface area (Å²) in [5.74, 6) is 0.224. The molecule has 0 fully saturated rings. The van der Waals surface area contributed by atoms with Gasteiger partial charge in [0.25, 0.3) is 0 Å². The van der Waals surface area contributed by atoms with E-state index in [4.69, 9.17) is 0 Å². The van der Waals surface area contributed by atoms with E-state index >= 15 is 0 Å². The summed E-state index contributed by atoms with van der Waals surface area (Å²) in [5.41, 5.74) is 0.950. The minimum Gasteiger partial charge on any atom is -0.506 e. The summed E-state index contributed by atoms with van der Waals surface area (Å²) in [4.78, 5) is 4.17. The number of phenolic OH excluding ortho intramolecular Hbond substituents is 1. The Labute approximate surface area is 70.2 Å². The molecule has 0 saturated heterocycles. The highest BCUT2D eigenvalue weighted by atomic mass is 16.3. The Morgan fingerprint density at radius 2 is 2.25 bits per heavy atom. The molecule has 0 unspecified atom stereocenters. The molecule has 0 aromatic heterocycles. The number of aromatic hydroxyl groups is 1. The molecule has 0 amide bonds. The van der Waals surface area contributed by atoms with Crippen LogP contribution in [0.2, 0.25) is 0 Å². The van der Waals surface area contributed by atoms with E-state index in [1.807, 2.05) is 18.2 Å². The molecule has 1 aliphatic rings. The van der Waals surface area contributed by atoms with E-state index < -0.39 is 0 Å². The fraction of sp³-hybridized carbons (Fsp3) is 0.100. The maximum Gasteiger partial charge on any atom is 0.141 e. The third kappa shape index (κ3) is 1.01. The number of phenols is 1. The molecule has 1 aliphatic heterocycles. The Balaban J connectivity index is 2.87. The molecular formula is C10H9NO. The largest absolute Gasteiger partial charge is 0.506 e. The van der Waals surface area contributed by atoms with Crippen molar-refractivity contribution in [3.63, 3.8) is 0 Å². The van der Waals surface area contributed by atoms with Gasteiger partial charge in [0, 0.05) is 5.56 Å². The predicted molar refractivity (Wildman–Crippen MR) is 48.3 cm³/mol. The quantitative estimate of drug-likeness (QED) is 0.585.